The zero-order valence-electron chi connectivity index (χ0n) is 6.40. The van der Waals surface area contributed by atoms with E-state index in [1.165, 1.54) is 25.9 Å². The van der Waals surface area contributed by atoms with Crippen LogP contribution >= 0.6 is 0 Å². The number of piperidine rings is 1. The fourth-order valence-corrected chi connectivity index (χ4v) is 3.35. The molecule has 1 heteroatoms. The van der Waals surface area contributed by atoms with Gasteiger partial charge in [0.25, 0.3) is 0 Å². The Morgan fingerprint density at radius 2 is 1.60 bits per heavy atom. The third-order valence-electron chi connectivity index (χ3n) is 4.32. The minimum Gasteiger partial charge on any atom is -0.316 e. The Bertz CT molecular complexity index is 146. The maximum Gasteiger partial charge on any atom is -0.00150 e. The normalized spacial score (nSPS) is 57.6. The summed E-state index contributed by atoms with van der Waals surface area (Å²) < 4.78 is 0. The lowest BCUT2D eigenvalue weighted by Crippen LogP contribution is -2.62. The summed E-state index contributed by atoms with van der Waals surface area (Å²) in [4.78, 5) is 0. The van der Waals surface area contributed by atoms with Crippen LogP contribution < -0.4 is 5.32 Å². The molecule has 0 aromatic carbocycles. The van der Waals surface area contributed by atoms with E-state index in [9.17, 15) is 0 Å². The smallest absolute Gasteiger partial charge is 0.00150 e. The Labute approximate surface area is 62.2 Å². The Hall–Kier alpha value is -0.0400. The van der Waals surface area contributed by atoms with Crippen molar-refractivity contribution >= 4 is 0 Å². The zero-order chi connectivity index (χ0) is 6.60. The summed E-state index contributed by atoms with van der Waals surface area (Å²) in [6.07, 6.45) is 6.15. The third kappa shape index (κ3) is 0.430. The molecule has 1 aliphatic heterocycles. The average Bonchev–Trinajstić information content (AvgIpc) is 1.80. The summed E-state index contributed by atoms with van der Waals surface area (Å²) >= 11 is 0. The van der Waals surface area contributed by atoms with E-state index in [1.807, 2.05) is 0 Å². The third-order valence-corrected chi connectivity index (χ3v) is 4.32. The van der Waals surface area contributed by atoms with Crippen molar-refractivity contribution in [2.24, 2.45) is 17.3 Å². The van der Waals surface area contributed by atoms with Gasteiger partial charge in [-0.25, -0.2) is 0 Å². The van der Waals surface area contributed by atoms with Gasteiger partial charge in [-0.05, 0) is 56.0 Å². The number of hydrogen-bond acceptors (Lipinski definition) is 1. The van der Waals surface area contributed by atoms with Crippen LogP contribution in [0.25, 0.3) is 0 Å². The number of rotatable bonds is 0. The molecule has 2 aliphatic carbocycles. The second-order valence-electron chi connectivity index (χ2n) is 4.36. The van der Waals surface area contributed by atoms with Crippen molar-refractivity contribution in [1.29, 1.82) is 0 Å². The lowest BCUT2D eigenvalue weighted by molar-refractivity contribution is -0.131. The molecular formula is C9H15N. The SMILES string of the molecule is C1CC23CCC2CNCC13. The second-order valence-corrected chi connectivity index (χ2v) is 4.36. The Morgan fingerprint density at radius 1 is 1.00 bits per heavy atom. The van der Waals surface area contributed by atoms with Gasteiger partial charge in [-0.3, -0.25) is 0 Å². The number of hydrogen-bond donors (Lipinski definition) is 1. The van der Waals surface area contributed by atoms with E-state index in [1.54, 1.807) is 12.8 Å². The maximum atomic E-state index is 3.54. The highest BCUT2D eigenvalue weighted by atomic mass is 14.9. The second kappa shape index (κ2) is 1.58. The minimum atomic E-state index is 0.894. The van der Waals surface area contributed by atoms with E-state index in [0.29, 0.717) is 0 Å². The minimum absolute atomic E-state index is 0.894. The summed E-state index contributed by atoms with van der Waals surface area (Å²) in [5.41, 5.74) is 0.894. The van der Waals surface area contributed by atoms with Crippen LogP contribution in [-0.2, 0) is 0 Å². The topological polar surface area (TPSA) is 12.0 Å². The van der Waals surface area contributed by atoms with E-state index in [2.05, 4.69) is 5.32 Å². The molecule has 0 aromatic heterocycles. The molecule has 10 heavy (non-hydrogen) atoms. The van der Waals surface area contributed by atoms with Gasteiger partial charge in [-0.1, -0.05) is 0 Å². The Kier molecular flexibility index (Phi) is 0.883. The molecule has 0 aromatic rings. The molecule has 1 heterocycles. The molecule has 1 saturated heterocycles. The van der Waals surface area contributed by atoms with Gasteiger partial charge < -0.3 is 5.32 Å². The van der Waals surface area contributed by atoms with E-state index >= 15 is 0 Å². The first-order valence-electron chi connectivity index (χ1n) is 4.62. The lowest BCUT2D eigenvalue weighted by atomic mass is 9.43. The van der Waals surface area contributed by atoms with Crippen molar-refractivity contribution in [3.05, 3.63) is 0 Å². The van der Waals surface area contributed by atoms with Crippen LogP contribution in [0.3, 0.4) is 0 Å². The summed E-state index contributed by atoms with van der Waals surface area (Å²) in [6.45, 7) is 2.66. The number of nitrogens with one attached hydrogen (secondary N) is 1. The van der Waals surface area contributed by atoms with Gasteiger partial charge in [0.2, 0.25) is 0 Å². The summed E-state index contributed by atoms with van der Waals surface area (Å²) in [5.74, 6) is 2.17. The highest BCUT2D eigenvalue weighted by Gasteiger charge is 2.58. The lowest BCUT2D eigenvalue weighted by Gasteiger charge is -2.64. The molecule has 1 nitrogen and oxygen atoms in total. The molecule has 0 radical (unpaired) electrons. The van der Waals surface area contributed by atoms with Crippen molar-refractivity contribution in [3.63, 3.8) is 0 Å². The predicted molar refractivity (Wildman–Crippen MR) is 40.8 cm³/mol. The molecule has 2 atom stereocenters. The van der Waals surface area contributed by atoms with E-state index < -0.39 is 0 Å². The Balaban J connectivity index is 1.88. The highest BCUT2D eigenvalue weighted by Crippen LogP contribution is 2.64. The van der Waals surface area contributed by atoms with Crippen molar-refractivity contribution in [2.45, 2.75) is 25.7 Å². The van der Waals surface area contributed by atoms with Crippen molar-refractivity contribution in [2.75, 3.05) is 13.1 Å². The van der Waals surface area contributed by atoms with Crippen LogP contribution in [0.4, 0.5) is 0 Å². The van der Waals surface area contributed by atoms with E-state index in [4.69, 9.17) is 0 Å². The van der Waals surface area contributed by atoms with Gasteiger partial charge in [0.1, 0.15) is 0 Å². The summed E-state index contributed by atoms with van der Waals surface area (Å²) in [5, 5.41) is 3.54. The van der Waals surface area contributed by atoms with Crippen LogP contribution in [0.15, 0.2) is 0 Å². The standard InChI is InChI=1S/C9H15N/c1-3-9-4-2-8(9)6-10-5-7(1)9/h7-8,10H,1-6H2. The Morgan fingerprint density at radius 3 is 1.90 bits per heavy atom. The molecule has 56 valence electrons. The zero-order valence-corrected chi connectivity index (χ0v) is 6.40. The van der Waals surface area contributed by atoms with Crippen LogP contribution in [0, 0.1) is 17.3 Å². The molecule has 2 unspecified atom stereocenters. The molecule has 3 aliphatic rings. The monoisotopic (exact) mass is 137 g/mol. The van der Waals surface area contributed by atoms with Crippen LogP contribution in [0.2, 0.25) is 0 Å². The molecule has 1 N–H and O–H groups in total. The molecule has 1 spiro atoms. The summed E-state index contributed by atoms with van der Waals surface area (Å²) in [6, 6.07) is 0. The quantitative estimate of drug-likeness (QED) is 0.532. The van der Waals surface area contributed by atoms with Gasteiger partial charge in [0, 0.05) is 0 Å². The van der Waals surface area contributed by atoms with E-state index in [0.717, 1.165) is 17.3 Å². The average molecular weight is 137 g/mol. The maximum absolute atomic E-state index is 3.54. The van der Waals surface area contributed by atoms with Gasteiger partial charge >= 0.3 is 0 Å². The van der Waals surface area contributed by atoms with E-state index in [-0.39, 0.29) is 0 Å². The fourth-order valence-electron chi connectivity index (χ4n) is 3.35. The van der Waals surface area contributed by atoms with Crippen molar-refractivity contribution < 1.29 is 0 Å². The van der Waals surface area contributed by atoms with Gasteiger partial charge in [-0.2, -0.15) is 0 Å². The van der Waals surface area contributed by atoms with Gasteiger partial charge in [0.15, 0.2) is 0 Å². The highest BCUT2D eigenvalue weighted by molar-refractivity contribution is 5.09. The van der Waals surface area contributed by atoms with Crippen LogP contribution in [0.5, 0.6) is 0 Å². The largest absolute Gasteiger partial charge is 0.316 e. The molecule has 3 fully saturated rings. The molecule has 0 amide bonds. The van der Waals surface area contributed by atoms with Crippen molar-refractivity contribution in [3.8, 4) is 0 Å². The van der Waals surface area contributed by atoms with Crippen LogP contribution in [-0.4, -0.2) is 13.1 Å². The van der Waals surface area contributed by atoms with Crippen LogP contribution in [0.1, 0.15) is 25.7 Å². The first-order chi connectivity index (χ1) is 4.92. The molecular weight excluding hydrogens is 122 g/mol. The molecule has 2 saturated carbocycles. The fraction of sp³-hybridized carbons (Fsp3) is 1.00. The molecule has 3 rings (SSSR count). The van der Waals surface area contributed by atoms with Crippen molar-refractivity contribution in [1.82, 2.24) is 5.32 Å². The van der Waals surface area contributed by atoms with Gasteiger partial charge in [-0.15, -0.1) is 0 Å². The first kappa shape index (κ1) is 5.59. The first-order valence-corrected chi connectivity index (χ1v) is 4.62. The van der Waals surface area contributed by atoms with Gasteiger partial charge in [0.05, 0.1) is 0 Å². The molecule has 0 bridgehead atoms. The summed E-state index contributed by atoms with van der Waals surface area (Å²) in [7, 11) is 0. The predicted octanol–water partition coefficient (Wildman–Crippen LogP) is 1.40.